The number of rotatable bonds is 13. The molecule has 0 spiro atoms. The number of hydrogen-bond acceptors (Lipinski definition) is 4. The van der Waals surface area contributed by atoms with Crippen molar-refractivity contribution in [2.24, 2.45) is 5.92 Å². The molecule has 5 nitrogen and oxygen atoms in total. The van der Waals surface area contributed by atoms with E-state index >= 15 is 0 Å². The molecule has 1 saturated carbocycles. The van der Waals surface area contributed by atoms with Crippen molar-refractivity contribution in [1.29, 1.82) is 0 Å². The second-order valence-corrected chi connectivity index (χ2v) is 8.17. The third-order valence-electron chi connectivity index (χ3n) is 5.60. The maximum atomic E-state index is 13.4. The quantitative estimate of drug-likeness (QED) is 0.470. The van der Waals surface area contributed by atoms with Crippen LogP contribution in [-0.4, -0.2) is 44.6 Å². The van der Waals surface area contributed by atoms with Crippen LogP contribution in [0.5, 0.6) is 11.5 Å². The average molecular weight is 465 g/mol. The molecule has 0 heterocycles. The van der Waals surface area contributed by atoms with Gasteiger partial charge < -0.3 is 19.7 Å². The van der Waals surface area contributed by atoms with Crippen LogP contribution in [0.1, 0.15) is 36.8 Å². The molecule has 0 radical (unpaired) electrons. The number of halogens is 2. The van der Waals surface area contributed by atoms with Gasteiger partial charge in [-0.2, -0.15) is 0 Å². The van der Waals surface area contributed by atoms with E-state index in [1.54, 1.807) is 20.2 Å². The molecule has 1 fully saturated rings. The van der Waals surface area contributed by atoms with Gasteiger partial charge in [0.2, 0.25) is 5.91 Å². The highest BCUT2D eigenvalue weighted by Crippen LogP contribution is 2.31. The Kier molecular flexibility index (Phi) is 10.8. The Balaban J connectivity index is 0.00000363. The highest BCUT2D eigenvalue weighted by atomic mass is 35.5. The molecule has 0 atom stereocenters. The van der Waals surface area contributed by atoms with Gasteiger partial charge in [0.1, 0.15) is 12.4 Å². The number of methoxy groups -OCH3 is 1. The summed E-state index contributed by atoms with van der Waals surface area (Å²) in [6.07, 6.45) is 4.99. The van der Waals surface area contributed by atoms with Gasteiger partial charge in [0.05, 0.1) is 7.11 Å². The highest BCUT2D eigenvalue weighted by Gasteiger charge is 2.24. The molecule has 1 amide bonds. The summed E-state index contributed by atoms with van der Waals surface area (Å²) in [4.78, 5) is 14.0. The molecule has 0 aromatic heterocycles. The molecule has 0 aliphatic heterocycles. The Bertz CT molecular complexity index is 861. The topological polar surface area (TPSA) is 50.8 Å². The Labute approximate surface area is 196 Å². The number of hydrogen-bond donors (Lipinski definition) is 1. The van der Waals surface area contributed by atoms with Crippen molar-refractivity contribution in [3.8, 4) is 11.5 Å². The summed E-state index contributed by atoms with van der Waals surface area (Å²) in [7, 11) is 3.32. The fourth-order valence-electron chi connectivity index (χ4n) is 3.61. The fraction of sp³-hybridized carbons (Fsp3) is 0.480. The number of ether oxygens (including phenoxy) is 2. The molecule has 3 rings (SSSR count). The van der Waals surface area contributed by atoms with Crippen molar-refractivity contribution < 1.29 is 18.7 Å². The zero-order valence-corrected chi connectivity index (χ0v) is 19.8. The number of carbonyl (C=O) groups excluding carboxylic acids is 1. The lowest BCUT2D eigenvalue weighted by molar-refractivity contribution is -0.120. The van der Waals surface area contributed by atoms with Crippen LogP contribution in [0.3, 0.4) is 0 Å². The standard InChI is InChI=1S/C25H33FN2O3.ClH/c1-27-25(29)7-4-13-28(17-20-8-9-20)14-12-19-10-11-23(24(16-19)30-2)31-18-21-5-3-6-22(26)15-21;/h3,5-6,10-11,15-16,20H,4,7-9,12-14,17-18H2,1-2H3,(H,27,29);1H. The number of benzene rings is 2. The summed E-state index contributed by atoms with van der Waals surface area (Å²) >= 11 is 0. The predicted octanol–water partition coefficient (Wildman–Crippen LogP) is 4.62. The van der Waals surface area contributed by atoms with Crippen LogP contribution in [-0.2, 0) is 17.8 Å². The van der Waals surface area contributed by atoms with E-state index in [-0.39, 0.29) is 30.7 Å². The fourth-order valence-corrected chi connectivity index (χ4v) is 3.61. The molecule has 2 aromatic carbocycles. The van der Waals surface area contributed by atoms with Crippen molar-refractivity contribution in [2.45, 2.75) is 38.7 Å². The first kappa shape index (κ1) is 25.9. The van der Waals surface area contributed by atoms with Gasteiger partial charge in [-0.15, -0.1) is 12.4 Å². The van der Waals surface area contributed by atoms with Crippen LogP contribution >= 0.6 is 12.4 Å². The molecule has 0 bridgehead atoms. The van der Waals surface area contributed by atoms with Gasteiger partial charge in [0.15, 0.2) is 11.5 Å². The maximum absolute atomic E-state index is 13.4. The second-order valence-electron chi connectivity index (χ2n) is 8.17. The zero-order valence-electron chi connectivity index (χ0n) is 18.9. The van der Waals surface area contributed by atoms with Gasteiger partial charge in [0, 0.05) is 26.6 Å². The Hall–Kier alpha value is -2.31. The molecule has 1 N–H and O–H groups in total. The normalized spacial score (nSPS) is 12.9. The van der Waals surface area contributed by atoms with Crippen molar-refractivity contribution >= 4 is 18.3 Å². The lowest BCUT2D eigenvalue weighted by atomic mass is 10.1. The summed E-state index contributed by atoms with van der Waals surface area (Å²) in [6.45, 7) is 3.29. The minimum Gasteiger partial charge on any atom is -0.493 e. The second kappa shape index (κ2) is 13.3. The summed E-state index contributed by atoms with van der Waals surface area (Å²) in [5.41, 5.74) is 1.96. The molecule has 0 unspecified atom stereocenters. The van der Waals surface area contributed by atoms with Gasteiger partial charge in [0.25, 0.3) is 0 Å². The van der Waals surface area contributed by atoms with E-state index in [2.05, 4.69) is 16.3 Å². The first-order valence-electron chi connectivity index (χ1n) is 11.0. The number of carbonyl (C=O) groups is 1. The number of nitrogens with zero attached hydrogens (tertiary/aromatic N) is 1. The lowest BCUT2D eigenvalue weighted by Crippen LogP contribution is -2.30. The van der Waals surface area contributed by atoms with Gasteiger partial charge in [-0.05, 0) is 73.5 Å². The molecular formula is C25H34ClFN2O3. The first-order chi connectivity index (χ1) is 15.1. The van der Waals surface area contributed by atoms with Crippen LogP contribution in [0.15, 0.2) is 42.5 Å². The molecule has 2 aromatic rings. The maximum Gasteiger partial charge on any atom is 0.219 e. The van der Waals surface area contributed by atoms with Gasteiger partial charge in [-0.3, -0.25) is 4.79 Å². The van der Waals surface area contributed by atoms with Crippen molar-refractivity contribution in [1.82, 2.24) is 10.2 Å². The zero-order chi connectivity index (χ0) is 22.1. The van der Waals surface area contributed by atoms with Crippen LogP contribution in [0, 0.1) is 11.7 Å². The third-order valence-corrected chi connectivity index (χ3v) is 5.60. The average Bonchev–Trinajstić information content (AvgIpc) is 3.60. The molecule has 1 aliphatic rings. The van der Waals surface area contributed by atoms with Gasteiger partial charge in [-0.1, -0.05) is 18.2 Å². The molecule has 0 saturated heterocycles. The lowest BCUT2D eigenvalue weighted by Gasteiger charge is -2.22. The van der Waals surface area contributed by atoms with Gasteiger partial charge >= 0.3 is 0 Å². The summed E-state index contributed by atoms with van der Waals surface area (Å²) < 4.78 is 24.7. The number of nitrogens with one attached hydrogen (secondary N) is 1. The largest absolute Gasteiger partial charge is 0.493 e. The SMILES string of the molecule is CNC(=O)CCCN(CCc1ccc(OCc2cccc(F)c2)c(OC)c1)CC1CC1.Cl. The van der Waals surface area contributed by atoms with Crippen molar-refractivity contribution in [2.75, 3.05) is 33.8 Å². The Morgan fingerprint density at radius 2 is 1.94 bits per heavy atom. The Morgan fingerprint density at radius 1 is 1.12 bits per heavy atom. The van der Waals surface area contributed by atoms with Crippen LogP contribution in [0.25, 0.3) is 0 Å². The monoisotopic (exact) mass is 464 g/mol. The van der Waals surface area contributed by atoms with E-state index in [4.69, 9.17) is 9.47 Å². The highest BCUT2D eigenvalue weighted by molar-refractivity contribution is 5.85. The molecule has 32 heavy (non-hydrogen) atoms. The van der Waals surface area contributed by atoms with Crippen LogP contribution < -0.4 is 14.8 Å². The van der Waals surface area contributed by atoms with Crippen molar-refractivity contribution in [3.63, 3.8) is 0 Å². The van der Waals surface area contributed by atoms with E-state index in [1.807, 2.05) is 18.2 Å². The van der Waals surface area contributed by atoms with E-state index in [0.717, 1.165) is 44.0 Å². The minimum atomic E-state index is -0.269. The van der Waals surface area contributed by atoms with Crippen LogP contribution in [0.4, 0.5) is 4.39 Å². The molecule has 176 valence electrons. The minimum absolute atomic E-state index is 0. The molecule has 1 aliphatic carbocycles. The predicted molar refractivity (Wildman–Crippen MR) is 127 cm³/mol. The Morgan fingerprint density at radius 3 is 2.62 bits per heavy atom. The molecule has 7 heteroatoms. The van der Waals surface area contributed by atoms with E-state index in [0.29, 0.717) is 17.9 Å². The number of amides is 1. The first-order valence-corrected chi connectivity index (χ1v) is 11.0. The summed E-state index contributed by atoms with van der Waals surface area (Å²) in [6, 6.07) is 12.4. The summed E-state index contributed by atoms with van der Waals surface area (Å²) in [5.74, 6) is 1.98. The van der Waals surface area contributed by atoms with E-state index in [1.165, 1.54) is 30.5 Å². The smallest absolute Gasteiger partial charge is 0.219 e. The molecular weight excluding hydrogens is 431 g/mol. The summed E-state index contributed by atoms with van der Waals surface area (Å²) in [5, 5.41) is 2.69. The van der Waals surface area contributed by atoms with Gasteiger partial charge in [-0.25, -0.2) is 4.39 Å². The van der Waals surface area contributed by atoms with E-state index < -0.39 is 0 Å². The van der Waals surface area contributed by atoms with Crippen LogP contribution in [0.2, 0.25) is 0 Å². The van der Waals surface area contributed by atoms with E-state index in [9.17, 15) is 9.18 Å². The van der Waals surface area contributed by atoms with Crippen molar-refractivity contribution in [3.05, 3.63) is 59.4 Å². The third kappa shape index (κ3) is 8.67.